The minimum Gasteiger partial charge on any atom is -0.338 e. The Hall–Kier alpha value is -1.20. The maximum absolute atomic E-state index is 4.37. The number of anilines is 1. The van der Waals surface area contributed by atoms with Gasteiger partial charge in [-0.1, -0.05) is 19.3 Å². The van der Waals surface area contributed by atoms with Gasteiger partial charge in [-0.2, -0.15) is 0 Å². The standard InChI is InChI=1S/C17H27N5/c1-2-5-15(6-3-1)22-13-16(14-22)20-9-11-21(12-10-20)17-18-7-4-8-19-17/h4,7-8,15-16H,1-3,5-6,9-14H2. The predicted octanol–water partition coefficient (Wildman–Crippen LogP) is 1.62. The van der Waals surface area contributed by atoms with Crippen LogP contribution < -0.4 is 4.90 Å². The molecule has 0 bridgehead atoms. The maximum atomic E-state index is 4.37. The van der Waals surface area contributed by atoms with E-state index in [0.29, 0.717) is 0 Å². The lowest BCUT2D eigenvalue weighted by atomic mass is 9.91. The molecule has 3 aliphatic rings. The summed E-state index contributed by atoms with van der Waals surface area (Å²) in [6, 6.07) is 3.57. The molecule has 2 saturated heterocycles. The Morgan fingerprint density at radius 2 is 1.45 bits per heavy atom. The van der Waals surface area contributed by atoms with Gasteiger partial charge in [-0.25, -0.2) is 9.97 Å². The van der Waals surface area contributed by atoms with Crippen LogP contribution in [0.3, 0.4) is 0 Å². The number of hydrogen-bond acceptors (Lipinski definition) is 5. The molecule has 1 aromatic heterocycles. The van der Waals surface area contributed by atoms with Gasteiger partial charge in [-0.15, -0.1) is 0 Å². The van der Waals surface area contributed by atoms with Crippen molar-refractivity contribution >= 4 is 5.95 Å². The van der Waals surface area contributed by atoms with Gasteiger partial charge in [-0.3, -0.25) is 9.80 Å². The first kappa shape index (κ1) is 14.4. The van der Waals surface area contributed by atoms with Crippen molar-refractivity contribution in [2.45, 2.75) is 44.2 Å². The average molecular weight is 301 g/mol. The molecular weight excluding hydrogens is 274 g/mol. The summed E-state index contributed by atoms with van der Waals surface area (Å²) in [6.45, 7) is 7.02. The van der Waals surface area contributed by atoms with Crippen LogP contribution in [0.15, 0.2) is 18.5 Å². The molecule has 2 aliphatic heterocycles. The van der Waals surface area contributed by atoms with Gasteiger partial charge in [0, 0.05) is 63.7 Å². The lowest BCUT2D eigenvalue weighted by molar-refractivity contribution is -0.00783. The van der Waals surface area contributed by atoms with Crippen LogP contribution in [0.2, 0.25) is 0 Å². The van der Waals surface area contributed by atoms with Crippen LogP contribution in [0.5, 0.6) is 0 Å². The summed E-state index contributed by atoms with van der Waals surface area (Å²) in [6.07, 6.45) is 10.9. The summed E-state index contributed by atoms with van der Waals surface area (Å²) >= 11 is 0. The average Bonchev–Trinajstić information content (AvgIpc) is 2.56. The Balaban J connectivity index is 1.23. The number of hydrogen-bond donors (Lipinski definition) is 0. The van der Waals surface area contributed by atoms with Crippen molar-refractivity contribution in [2.75, 3.05) is 44.2 Å². The summed E-state index contributed by atoms with van der Waals surface area (Å²) in [7, 11) is 0. The molecule has 1 aliphatic carbocycles. The highest BCUT2D eigenvalue weighted by atomic mass is 15.4. The van der Waals surface area contributed by atoms with Crippen LogP contribution in [0, 0.1) is 0 Å². The lowest BCUT2D eigenvalue weighted by Crippen LogP contribution is -2.65. The summed E-state index contributed by atoms with van der Waals surface area (Å²) in [5.74, 6) is 0.889. The van der Waals surface area contributed by atoms with E-state index in [1.807, 2.05) is 18.5 Å². The number of piperazine rings is 1. The van der Waals surface area contributed by atoms with Crippen LogP contribution in [-0.4, -0.2) is 71.1 Å². The lowest BCUT2D eigenvalue weighted by Gasteiger charge is -2.51. The van der Waals surface area contributed by atoms with E-state index in [-0.39, 0.29) is 0 Å². The molecule has 120 valence electrons. The van der Waals surface area contributed by atoms with Gasteiger partial charge in [0.2, 0.25) is 5.95 Å². The number of rotatable bonds is 3. The fourth-order valence-corrected chi connectivity index (χ4v) is 4.20. The van der Waals surface area contributed by atoms with E-state index in [2.05, 4.69) is 24.7 Å². The maximum Gasteiger partial charge on any atom is 0.225 e. The van der Waals surface area contributed by atoms with Crippen LogP contribution in [0.25, 0.3) is 0 Å². The third-order valence-corrected chi connectivity index (χ3v) is 5.65. The van der Waals surface area contributed by atoms with Crippen molar-refractivity contribution in [3.8, 4) is 0 Å². The number of likely N-dealkylation sites (tertiary alicyclic amines) is 1. The molecule has 0 atom stereocenters. The Labute approximate surface area is 133 Å². The molecule has 22 heavy (non-hydrogen) atoms. The highest BCUT2D eigenvalue weighted by Crippen LogP contribution is 2.28. The fraction of sp³-hybridized carbons (Fsp3) is 0.765. The zero-order valence-electron chi connectivity index (χ0n) is 13.4. The first-order valence-corrected chi connectivity index (χ1v) is 8.90. The van der Waals surface area contributed by atoms with E-state index in [0.717, 1.165) is 44.2 Å². The van der Waals surface area contributed by atoms with Crippen molar-refractivity contribution in [2.24, 2.45) is 0 Å². The molecule has 0 amide bonds. The third-order valence-electron chi connectivity index (χ3n) is 5.65. The zero-order valence-corrected chi connectivity index (χ0v) is 13.4. The molecule has 5 heteroatoms. The van der Waals surface area contributed by atoms with Crippen molar-refractivity contribution in [3.05, 3.63) is 18.5 Å². The molecule has 4 rings (SSSR count). The SMILES string of the molecule is c1cnc(N2CCN(C3CN(C4CCCCC4)C3)CC2)nc1. The Morgan fingerprint density at radius 1 is 0.773 bits per heavy atom. The minimum absolute atomic E-state index is 0.792. The Bertz CT molecular complexity index is 459. The molecule has 0 spiro atoms. The van der Waals surface area contributed by atoms with Gasteiger partial charge in [0.15, 0.2) is 0 Å². The number of aromatic nitrogens is 2. The molecule has 0 aromatic carbocycles. The van der Waals surface area contributed by atoms with Crippen LogP contribution in [0.1, 0.15) is 32.1 Å². The first-order chi connectivity index (χ1) is 10.9. The van der Waals surface area contributed by atoms with E-state index in [1.54, 1.807) is 0 Å². The van der Waals surface area contributed by atoms with Crippen LogP contribution in [-0.2, 0) is 0 Å². The number of nitrogens with zero attached hydrogens (tertiary/aromatic N) is 5. The summed E-state index contributed by atoms with van der Waals surface area (Å²) in [4.78, 5) is 16.5. The van der Waals surface area contributed by atoms with Gasteiger partial charge < -0.3 is 4.90 Å². The van der Waals surface area contributed by atoms with Gasteiger partial charge in [0.05, 0.1) is 0 Å². The van der Waals surface area contributed by atoms with E-state index in [1.165, 1.54) is 45.2 Å². The minimum atomic E-state index is 0.792. The molecule has 1 saturated carbocycles. The highest BCUT2D eigenvalue weighted by molar-refractivity contribution is 5.29. The third kappa shape index (κ3) is 2.97. The van der Waals surface area contributed by atoms with Gasteiger partial charge >= 0.3 is 0 Å². The second-order valence-electron chi connectivity index (χ2n) is 6.97. The van der Waals surface area contributed by atoms with Crippen LogP contribution in [0.4, 0.5) is 5.95 Å². The quantitative estimate of drug-likeness (QED) is 0.848. The summed E-state index contributed by atoms with van der Waals surface area (Å²) < 4.78 is 0. The normalized spacial score (nSPS) is 26.1. The molecular formula is C17H27N5. The van der Waals surface area contributed by atoms with E-state index in [4.69, 9.17) is 0 Å². The summed E-state index contributed by atoms with van der Waals surface area (Å²) in [5.41, 5.74) is 0. The Morgan fingerprint density at radius 3 is 2.14 bits per heavy atom. The van der Waals surface area contributed by atoms with Gasteiger partial charge in [0.1, 0.15) is 0 Å². The van der Waals surface area contributed by atoms with Crippen molar-refractivity contribution in [3.63, 3.8) is 0 Å². The topological polar surface area (TPSA) is 35.5 Å². The molecule has 3 fully saturated rings. The van der Waals surface area contributed by atoms with Crippen molar-refractivity contribution in [1.82, 2.24) is 19.8 Å². The van der Waals surface area contributed by atoms with Gasteiger partial charge in [-0.05, 0) is 18.9 Å². The second-order valence-corrected chi connectivity index (χ2v) is 6.97. The first-order valence-electron chi connectivity index (χ1n) is 8.90. The monoisotopic (exact) mass is 301 g/mol. The van der Waals surface area contributed by atoms with E-state index in [9.17, 15) is 0 Å². The molecule has 5 nitrogen and oxygen atoms in total. The molecule has 1 aromatic rings. The smallest absolute Gasteiger partial charge is 0.225 e. The molecule has 0 unspecified atom stereocenters. The van der Waals surface area contributed by atoms with E-state index < -0.39 is 0 Å². The van der Waals surface area contributed by atoms with E-state index >= 15 is 0 Å². The van der Waals surface area contributed by atoms with Crippen molar-refractivity contribution in [1.29, 1.82) is 0 Å². The van der Waals surface area contributed by atoms with Gasteiger partial charge in [0.25, 0.3) is 0 Å². The highest BCUT2D eigenvalue weighted by Gasteiger charge is 2.37. The van der Waals surface area contributed by atoms with Crippen LogP contribution >= 0.6 is 0 Å². The molecule has 0 N–H and O–H groups in total. The largest absolute Gasteiger partial charge is 0.338 e. The van der Waals surface area contributed by atoms with Crippen molar-refractivity contribution < 1.29 is 0 Å². The predicted molar refractivity (Wildman–Crippen MR) is 88.1 cm³/mol. The molecule has 3 heterocycles. The second kappa shape index (κ2) is 6.50. The summed E-state index contributed by atoms with van der Waals surface area (Å²) in [5, 5.41) is 0. The molecule has 0 radical (unpaired) electrons. The Kier molecular flexibility index (Phi) is 4.26. The zero-order chi connectivity index (χ0) is 14.8. The fourth-order valence-electron chi connectivity index (χ4n) is 4.20.